The van der Waals surface area contributed by atoms with Crippen molar-refractivity contribution in [3.63, 3.8) is 0 Å². The SMILES string of the molecule is CCNC(=O)C(C)NCCC(=O)NCC(C)C. The van der Waals surface area contributed by atoms with Crippen LogP contribution in [0.15, 0.2) is 0 Å². The summed E-state index contributed by atoms with van der Waals surface area (Å²) in [4.78, 5) is 22.7. The van der Waals surface area contributed by atoms with Crippen LogP contribution in [0.2, 0.25) is 0 Å². The van der Waals surface area contributed by atoms with Gasteiger partial charge in [0.2, 0.25) is 11.8 Å². The van der Waals surface area contributed by atoms with Gasteiger partial charge in [-0.05, 0) is 19.8 Å². The molecule has 0 rings (SSSR count). The summed E-state index contributed by atoms with van der Waals surface area (Å²) in [5.41, 5.74) is 0. The smallest absolute Gasteiger partial charge is 0.236 e. The Morgan fingerprint density at radius 3 is 2.29 bits per heavy atom. The summed E-state index contributed by atoms with van der Waals surface area (Å²) in [6.07, 6.45) is 0.399. The van der Waals surface area contributed by atoms with Crippen LogP contribution in [0.1, 0.15) is 34.1 Å². The second kappa shape index (κ2) is 8.98. The molecule has 0 aromatic rings. The first kappa shape index (κ1) is 15.9. The number of likely N-dealkylation sites (N-methyl/N-ethyl adjacent to an activating group) is 1. The molecule has 0 spiro atoms. The van der Waals surface area contributed by atoms with E-state index in [0.717, 1.165) is 0 Å². The Bertz CT molecular complexity index is 242. The molecular formula is C12H25N3O2. The normalized spacial score (nSPS) is 12.3. The molecule has 0 fully saturated rings. The molecule has 0 aromatic carbocycles. The summed E-state index contributed by atoms with van der Waals surface area (Å²) in [5.74, 6) is 0.450. The van der Waals surface area contributed by atoms with Crippen LogP contribution in [-0.4, -0.2) is 37.5 Å². The zero-order valence-electron chi connectivity index (χ0n) is 11.3. The van der Waals surface area contributed by atoms with E-state index >= 15 is 0 Å². The fourth-order valence-corrected chi connectivity index (χ4v) is 1.23. The van der Waals surface area contributed by atoms with E-state index in [9.17, 15) is 9.59 Å². The third-order valence-electron chi connectivity index (χ3n) is 2.25. The molecule has 0 aliphatic rings. The lowest BCUT2D eigenvalue weighted by molar-refractivity contribution is -0.124. The first-order valence-electron chi connectivity index (χ1n) is 6.25. The van der Waals surface area contributed by atoms with Crippen LogP contribution in [0.25, 0.3) is 0 Å². The zero-order chi connectivity index (χ0) is 13.3. The molecule has 0 aliphatic heterocycles. The summed E-state index contributed by atoms with van der Waals surface area (Å²) in [7, 11) is 0. The van der Waals surface area contributed by atoms with E-state index in [4.69, 9.17) is 0 Å². The van der Waals surface area contributed by atoms with Crippen molar-refractivity contribution < 1.29 is 9.59 Å². The Hall–Kier alpha value is -1.10. The molecular weight excluding hydrogens is 218 g/mol. The van der Waals surface area contributed by atoms with Crippen molar-refractivity contribution in [2.24, 2.45) is 5.92 Å². The van der Waals surface area contributed by atoms with Crippen molar-refractivity contribution in [2.75, 3.05) is 19.6 Å². The van der Waals surface area contributed by atoms with E-state index in [0.29, 0.717) is 32.0 Å². The lowest BCUT2D eigenvalue weighted by atomic mass is 10.2. The minimum Gasteiger partial charge on any atom is -0.356 e. The zero-order valence-corrected chi connectivity index (χ0v) is 11.3. The minimum absolute atomic E-state index is 0.0225. The molecule has 0 aliphatic carbocycles. The standard InChI is InChI=1S/C12H25N3O2/c1-5-13-12(17)10(4)14-7-6-11(16)15-8-9(2)3/h9-10,14H,5-8H2,1-4H3,(H,13,17)(H,15,16). The quantitative estimate of drug-likeness (QED) is 0.573. The number of carbonyl (C=O) groups is 2. The van der Waals surface area contributed by atoms with Gasteiger partial charge in [-0.2, -0.15) is 0 Å². The molecule has 0 bridgehead atoms. The minimum atomic E-state index is -0.257. The van der Waals surface area contributed by atoms with Gasteiger partial charge >= 0.3 is 0 Å². The van der Waals surface area contributed by atoms with Gasteiger partial charge in [0.05, 0.1) is 6.04 Å². The Morgan fingerprint density at radius 2 is 1.76 bits per heavy atom. The van der Waals surface area contributed by atoms with Crippen LogP contribution in [0, 0.1) is 5.92 Å². The molecule has 0 heterocycles. The summed E-state index contributed by atoms with van der Waals surface area (Å²) in [6.45, 7) is 9.61. The van der Waals surface area contributed by atoms with Crippen LogP contribution in [0.4, 0.5) is 0 Å². The van der Waals surface area contributed by atoms with Gasteiger partial charge in [0.25, 0.3) is 0 Å². The number of hydrogen-bond acceptors (Lipinski definition) is 3. The van der Waals surface area contributed by atoms with Gasteiger partial charge in [-0.15, -0.1) is 0 Å². The highest BCUT2D eigenvalue weighted by Crippen LogP contribution is 1.89. The Morgan fingerprint density at radius 1 is 1.12 bits per heavy atom. The fourth-order valence-electron chi connectivity index (χ4n) is 1.23. The van der Waals surface area contributed by atoms with Gasteiger partial charge in [-0.25, -0.2) is 0 Å². The molecule has 17 heavy (non-hydrogen) atoms. The topological polar surface area (TPSA) is 70.2 Å². The highest BCUT2D eigenvalue weighted by atomic mass is 16.2. The summed E-state index contributed by atoms with van der Waals surface area (Å²) < 4.78 is 0. The van der Waals surface area contributed by atoms with Gasteiger partial charge in [0.15, 0.2) is 0 Å². The number of hydrogen-bond donors (Lipinski definition) is 3. The second-order valence-electron chi connectivity index (χ2n) is 4.52. The number of amides is 2. The van der Waals surface area contributed by atoms with Crippen LogP contribution in [-0.2, 0) is 9.59 Å². The van der Waals surface area contributed by atoms with Crippen molar-refractivity contribution >= 4 is 11.8 Å². The maximum absolute atomic E-state index is 11.4. The maximum atomic E-state index is 11.4. The average molecular weight is 243 g/mol. The molecule has 0 saturated heterocycles. The van der Waals surface area contributed by atoms with Crippen molar-refractivity contribution in [3.05, 3.63) is 0 Å². The van der Waals surface area contributed by atoms with Crippen molar-refractivity contribution in [1.29, 1.82) is 0 Å². The molecule has 0 radical (unpaired) electrons. The summed E-state index contributed by atoms with van der Waals surface area (Å²) >= 11 is 0. The van der Waals surface area contributed by atoms with Crippen LogP contribution >= 0.6 is 0 Å². The highest BCUT2D eigenvalue weighted by molar-refractivity contribution is 5.81. The van der Waals surface area contributed by atoms with Crippen molar-refractivity contribution in [1.82, 2.24) is 16.0 Å². The van der Waals surface area contributed by atoms with E-state index in [1.54, 1.807) is 6.92 Å². The van der Waals surface area contributed by atoms with E-state index in [-0.39, 0.29) is 17.9 Å². The number of nitrogens with one attached hydrogen (secondary N) is 3. The van der Waals surface area contributed by atoms with E-state index in [1.165, 1.54) is 0 Å². The first-order chi connectivity index (χ1) is 7.97. The lowest BCUT2D eigenvalue weighted by Gasteiger charge is -2.13. The van der Waals surface area contributed by atoms with Crippen LogP contribution < -0.4 is 16.0 Å². The molecule has 3 N–H and O–H groups in total. The Kier molecular flexibility index (Phi) is 8.40. The van der Waals surface area contributed by atoms with Gasteiger partial charge in [0, 0.05) is 26.1 Å². The highest BCUT2D eigenvalue weighted by Gasteiger charge is 2.11. The monoisotopic (exact) mass is 243 g/mol. The first-order valence-corrected chi connectivity index (χ1v) is 6.25. The number of rotatable bonds is 8. The largest absolute Gasteiger partial charge is 0.356 e. The molecule has 1 unspecified atom stereocenters. The Balaban J connectivity index is 3.62. The van der Waals surface area contributed by atoms with Crippen molar-refractivity contribution in [3.8, 4) is 0 Å². The van der Waals surface area contributed by atoms with Gasteiger partial charge in [-0.1, -0.05) is 13.8 Å². The van der Waals surface area contributed by atoms with E-state index < -0.39 is 0 Å². The van der Waals surface area contributed by atoms with Gasteiger partial charge < -0.3 is 16.0 Å². The van der Waals surface area contributed by atoms with Gasteiger partial charge in [-0.3, -0.25) is 9.59 Å². The molecule has 0 saturated carbocycles. The molecule has 1 atom stereocenters. The third-order valence-corrected chi connectivity index (χ3v) is 2.25. The van der Waals surface area contributed by atoms with Crippen LogP contribution in [0.5, 0.6) is 0 Å². The molecule has 0 aromatic heterocycles. The van der Waals surface area contributed by atoms with E-state index in [1.807, 2.05) is 6.92 Å². The summed E-state index contributed by atoms with van der Waals surface area (Å²) in [5, 5.41) is 8.57. The average Bonchev–Trinajstić information content (AvgIpc) is 2.26. The molecule has 2 amide bonds. The molecule has 5 nitrogen and oxygen atoms in total. The maximum Gasteiger partial charge on any atom is 0.236 e. The Labute approximate surface area is 104 Å². The predicted octanol–water partition coefficient (Wildman–Crippen LogP) is 0.263. The second-order valence-corrected chi connectivity index (χ2v) is 4.52. The van der Waals surface area contributed by atoms with E-state index in [2.05, 4.69) is 29.8 Å². The van der Waals surface area contributed by atoms with Crippen LogP contribution in [0.3, 0.4) is 0 Å². The van der Waals surface area contributed by atoms with Gasteiger partial charge in [0.1, 0.15) is 0 Å². The molecule has 100 valence electrons. The molecule has 5 heteroatoms. The lowest BCUT2D eigenvalue weighted by Crippen LogP contribution is -2.43. The number of carbonyl (C=O) groups excluding carboxylic acids is 2. The fraction of sp³-hybridized carbons (Fsp3) is 0.833. The summed E-state index contributed by atoms with van der Waals surface area (Å²) in [6, 6.07) is -0.257. The predicted molar refractivity (Wildman–Crippen MR) is 68.6 cm³/mol. The third kappa shape index (κ3) is 8.68. The van der Waals surface area contributed by atoms with Crippen molar-refractivity contribution in [2.45, 2.75) is 40.2 Å².